The lowest BCUT2D eigenvalue weighted by atomic mass is 10.1. The van der Waals surface area contributed by atoms with Gasteiger partial charge in [-0.3, -0.25) is 9.59 Å². The molecule has 0 aliphatic rings. The summed E-state index contributed by atoms with van der Waals surface area (Å²) in [4.78, 5) is 37.2. The van der Waals surface area contributed by atoms with E-state index in [-0.39, 0.29) is 12.1 Å². The molecule has 9 heteroatoms. The maximum Gasteiger partial charge on any atom is 0.326 e. The number of carbonyl (C=O) groups is 3. The number of carboxylic acids is 1. The molecule has 0 bridgehead atoms. The van der Waals surface area contributed by atoms with Gasteiger partial charge in [0.2, 0.25) is 0 Å². The van der Waals surface area contributed by atoms with Crippen LogP contribution in [0.2, 0.25) is 0 Å². The van der Waals surface area contributed by atoms with Crippen molar-refractivity contribution in [3.05, 3.63) is 65.4 Å². The van der Waals surface area contributed by atoms with Gasteiger partial charge in [-0.2, -0.15) is 11.8 Å². The zero-order chi connectivity index (χ0) is 23.5. The van der Waals surface area contributed by atoms with Gasteiger partial charge in [-0.1, -0.05) is 12.1 Å². The highest BCUT2D eigenvalue weighted by molar-refractivity contribution is 7.98. The number of rotatable bonds is 11. The Kier molecular flexibility index (Phi) is 9.62. The third kappa shape index (κ3) is 7.35. The van der Waals surface area contributed by atoms with Crippen molar-refractivity contribution < 1.29 is 29.0 Å². The summed E-state index contributed by atoms with van der Waals surface area (Å²) in [5.41, 5.74) is 0.866. The molecule has 3 N–H and O–H groups in total. The molecule has 1 atom stereocenters. The van der Waals surface area contributed by atoms with Gasteiger partial charge in [0, 0.05) is 5.56 Å². The smallest absolute Gasteiger partial charge is 0.326 e. The van der Waals surface area contributed by atoms with Gasteiger partial charge in [-0.15, -0.1) is 0 Å². The van der Waals surface area contributed by atoms with E-state index in [4.69, 9.17) is 9.47 Å². The van der Waals surface area contributed by atoms with Gasteiger partial charge < -0.3 is 25.2 Å². The maximum absolute atomic E-state index is 12.9. The minimum absolute atomic E-state index is 0.0774. The highest BCUT2D eigenvalue weighted by Crippen LogP contribution is 2.15. The number of methoxy groups -OCH3 is 2. The molecule has 32 heavy (non-hydrogen) atoms. The first-order chi connectivity index (χ1) is 15.4. The van der Waals surface area contributed by atoms with Crippen LogP contribution in [-0.4, -0.2) is 55.2 Å². The fourth-order valence-electron chi connectivity index (χ4n) is 2.69. The van der Waals surface area contributed by atoms with Crippen LogP contribution in [0.5, 0.6) is 11.5 Å². The summed E-state index contributed by atoms with van der Waals surface area (Å²) in [6.07, 6.45) is 3.58. The van der Waals surface area contributed by atoms with Crippen molar-refractivity contribution in [1.82, 2.24) is 10.6 Å². The topological polar surface area (TPSA) is 114 Å². The molecule has 8 nitrogen and oxygen atoms in total. The molecule has 0 heterocycles. The zero-order valence-corrected chi connectivity index (χ0v) is 18.9. The normalized spacial score (nSPS) is 11.9. The van der Waals surface area contributed by atoms with E-state index in [0.717, 1.165) is 0 Å². The summed E-state index contributed by atoms with van der Waals surface area (Å²) in [6.45, 7) is 0. The first kappa shape index (κ1) is 24.8. The Bertz CT molecular complexity index is 957. The molecular weight excluding hydrogens is 432 g/mol. The third-order valence-electron chi connectivity index (χ3n) is 4.49. The largest absolute Gasteiger partial charge is 0.497 e. The van der Waals surface area contributed by atoms with E-state index in [1.165, 1.54) is 24.9 Å². The number of benzene rings is 2. The standard InChI is InChI=1S/C23H26N2O6S/c1-30-17-8-4-15(5-9-17)14-20(22(27)24-19(23(28)29)12-13-32-3)25-21(26)16-6-10-18(31-2)11-7-16/h4-11,14,19H,12-13H2,1-3H3,(H,24,27)(H,25,26)(H,28,29)/b20-14+/t19-/m0/s1. The number of nitrogens with one attached hydrogen (secondary N) is 2. The molecular formula is C23H26N2O6S. The molecule has 0 aliphatic carbocycles. The Balaban J connectivity index is 2.29. The second-order valence-electron chi connectivity index (χ2n) is 6.66. The van der Waals surface area contributed by atoms with E-state index >= 15 is 0 Å². The van der Waals surface area contributed by atoms with Crippen molar-refractivity contribution >= 4 is 35.6 Å². The number of thioether (sulfide) groups is 1. The van der Waals surface area contributed by atoms with Crippen LogP contribution >= 0.6 is 11.8 Å². The molecule has 2 aromatic rings. The Morgan fingerprint density at radius 1 is 1.00 bits per heavy atom. The molecule has 0 aliphatic heterocycles. The summed E-state index contributed by atoms with van der Waals surface area (Å²) < 4.78 is 10.2. The van der Waals surface area contributed by atoms with E-state index in [2.05, 4.69) is 10.6 Å². The number of carbonyl (C=O) groups excluding carboxylic acids is 2. The molecule has 2 amide bonds. The molecule has 0 saturated carbocycles. The molecule has 0 unspecified atom stereocenters. The molecule has 0 fully saturated rings. The van der Waals surface area contributed by atoms with E-state index < -0.39 is 23.8 Å². The maximum atomic E-state index is 12.9. The molecule has 0 aromatic heterocycles. The van der Waals surface area contributed by atoms with Crippen molar-refractivity contribution in [3.63, 3.8) is 0 Å². The number of ether oxygens (including phenoxy) is 2. The Hall–Kier alpha value is -3.46. The zero-order valence-electron chi connectivity index (χ0n) is 18.1. The predicted octanol–water partition coefficient (Wildman–Crippen LogP) is 2.80. The van der Waals surface area contributed by atoms with Gasteiger partial charge in [-0.25, -0.2) is 4.79 Å². The summed E-state index contributed by atoms with van der Waals surface area (Å²) in [7, 11) is 3.06. The van der Waals surface area contributed by atoms with E-state index in [1.807, 2.05) is 6.26 Å². The van der Waals surface area contributed by atoms with Crippen LogP contribution in [0.3, 0.4) is 0 Å². The number of amides is 2. The predicted molar refractivity (Wildman–Crippen MR) is 124 cm³/mol. The lowest BCUT2D eigenvalue weighted by Gasteiger charge is -2.16. The van der Waals surface area contributed by atoms with Crippen LogP contribution in [0.25, 0.3) is 6.08 Å². The average molecular weight is 459 g/mol. The highest BCUT2D eigenvalue weighted by Gasteiger charge is 2.23. The Labute approximate surface area is 191 Å². The summed E-state index contributed by atoms with van der Waals surface area (Å²) >= 11 is 1.48. The number of carboxylic acid groups (broad SMARTS) is 1. The fraction of sp³-hybridized carbons (Fsp3) is 0.261. The lowest BCUT2D eigenvalue weighted by molar-refractivity contribution is -0.141. The quantitative estimate of drug-likeness (QED) is 0.444. The summed E-state index contributed by atoms with van der Waals surface area (Å²) in [5, 5.41) is 14.5. The van der Waals surface area contributed by atoms with Gasteiger partial charge in [0.1, 0.15) is 23.2 Å². The first-order valence-corrected chi connectivity index (χ1v) is 11.1. The second kappa shape index (κ2) is 12.4. The van der Waals surface area contributed by atoms with Crippen molar-refractivity contribution in [1.29, 1.82) is 0 Å². The van der Waals surface area contributed by atoms with Crippen molar-refractivity contribution in [2.24, 2.45) is 0 Å². The van der Waals surface area contributed by atoms with Crippen LogP contribution in [-0.2, 0) is 9.59 Å². The molecule has 2 aromatic carbocycles. The van der Waals surface area contributed by atoms with Crippen LogP contribution in [0.4, 0.5) is 0 Å². The van der Waals surface area contributed by atoms with Gasteiger partial charge >= 0.3 is 5.97 Å². The summed E-state index contributed by atoms with van der Waals surface area (Å²) in [5.74, 6) is -0.565. The highest BCUT2D eigenvalue weighted by atomic mass is 32.2. The van der Waals surface area contributed by atoms with Crippen LogP contribution in [0.1, 0.15) is 22.3 Å². The second-order valence-corrected chi connectivity index (χ2v) is 7.65. The lowest BCUT2D eigenvalue weighted by Crippen LogP contribution is -2.44. The van der Waals surface area contributed by atoms with Crippen LogP contribution in [0.15, 0.2) is 54.2 Å². The van der Waals surface area contributed by atoms with Crippen molar-refractivity contribution in [2.75, 3.05) is 26.2 Å². The van der Waals surface area contributed by atoms with E-state index in [1.54, 1.807) is 55.6 Å². The van der Waals surface area contributed by atoms with Gasteiger partial charge in [0.25, 0.3) is 11.8 Å². The van der Waals surface area contributed by atoms with Gasteiger partial charge in [-0.05, 0) is 66.5 Å². The van der Waals surface area contributed by atoms with Crippen LogP contribution in [0, 0.1) is 0 Å². The molecule has 0 radical (unpaired) electrons. The SMILES string of the molecule is COc1ccc(/C=C(/NC(=O)c2ccc(OC)cc2)C(=O)N[C@@H](CCSC)C(=O)O)cc1. The molecule has 170 valence electrons. The summed E-state index contributed by atoms with van der Waals surface area (Å²) in [6, 6.07) is 12.2. The monoisotopic (exact) mass is 458 g/mol. The van der Waals surface area contributed by atoms with Gasteiger partial charge in [0.05, 0.1) is 14.2 Å². The fourth-order valence-corrected chi connectivity index (χ4v) is 3.16. The number of hydrogen-bond acceptors (Lipinski definition) is 6. The van der Waals surface area contributed by atoms with Crippen molar-refractivity contribution in [3.8, 4) is 11.5 Å². The third-order valence-corrected chi connectivity index (χ3v) is 5.13. The van der Waals surface area contributed by atoms with E-state index in [9.17, 15) is 19.5 Å². The number of hydrogen-bond donors (Lipinski definition) is 3. The molecule has 0 spiro atoms. The number of aliphatic carboxylic acids is 1. The Morgan fingerprint density at radius 2 is 1.56 bits per heavy atom. The van der Waals surface area contributed by atoms with Gasteiger partial charge in [0.15, 0.2) is 0 Å². The Morgan fingerprint density at radius 3 is 2.06 bits per heavy atom. The van der Waals surface area contributed by atoms with E-state index in [0.29, 0.717) is 28.4 Å². The first-order valence-electron chi connectivity index (χ1n) is 9.71. The average Bonchev–Trinajstić information content (AvgIpc) is 2.81. The molecule has 2 rings (SSSR count). The molecule has 0 saturated heterocycles. The van der Waals surface area contributed by atoms with Crippen LogP contribution < -0.4 is 20.1 Å². The van der Waals surface area contributed by atoms with Crippen molar-refractivity contribution in [2.45, 2.75) is 12.5 Å². The minimum Gasteiger partial charge on any atom is -0.497 e. The minimum atomic E-state index is -1.14.